The van der Waals surface area contributed by atoms with Crippen molar-refractivity contribution in [2.45, 2.75) is 51.6 Å². The number of piperidine rings is 1. The molecule has 1 aliphatic heterocycles. The Kier molecular flexibility index (Phi) is 5.31. The Morgan fingerprint density at radius 1 is 1.38 bits per heavy atom. The molecule has 8 heteroatoms. The van der Waals surface area contributed by atoms with Gasteiger partial charge in [0, 0.05) is 18.5 Å². The van der Waals surface area contributed by atoms with Crippen molar-refractivity contribution in [2.24, 2.45) is 5.92 Å². The number of carbonyl (C=O) groups excluding carboxylic acids is 1. The molecular formula is C18H26N6OS. The van der Waals surface area contributed by atoms with Gasteiger partial charge in [0.15, 0.2) is 5.69 Å². The van der Waals surface area contributed by atoms with Crippen LogP contribution in [0.15, 0.2) is 6.20 Å². The largest absolute Gasteiger partial charge is 0.333 e. The molecule has 0 unspecified atom stereocenters. The third-order valence-corrected chi connectivity index (χ3v) is 6.35. The number of fused-ring (bicyclic) bond motifs is 1. The molecular weight excluding hydrogens is 348 g/mol. The zero-order valence-corrected chi connectivity index (χ0v) is 16.1. The lowest BCUT2D eigenvalue weighted by atomic mass is 10.00. The van der Waals surface area contributed by atoms with Gasteiger partial charge in [-0.05, 0) is 57.5 Å². The van der Waals surface area contributed by atoms with Crippen LogP contribution in [0.2, 0.25) is 0 Å². The zero-order chi connectivity index (χ0) is 17.9. The van der Waals surface area contributed by atoms with Gasteiger partial charge in [0.25, 0.3) is 5.91 Å². The average Bonchev–Trinajstić information content (AvgIpc) is 3.28. The van der Waals surface area contributed by atoms with Crippen LogP contribution in [0.25, 0.3) is 0 Å². The molecule has 4 rings (SSSR count). The van der Waals surface area contributed by atoms with Crippen LogP contribution in [-0.4, -0.2) is 50.9 Å². The second-order valence-corrected chi connectivity index (χ2v) is 8.55. The van der Waals surface area contributed by atoms with Crippen LogP contribution in [0.4, 0.5) is 0 Å². The minimum atomic E-state index is -0.0915. The van der Waals surface area contributed by atoms with E-state index in [0.29, 0.717) is 18.2 Å². The van der Waals surface area contributed by atoms with Gasteiger partial charge in [0.05, 0.1) is 18.4 Å². The Hall–Kier alpha value is -1.80. The lowest BCUT2D eigenvalue weighted by Gasteiger charge is -2.22. The molecule has 1 saturated heterocycles. The molecule has 7 nitrogen and oxygen atoms in total. The fourth-order valence-corrected chi connectivity index (χ4v) is 4.98. The maximum atomic E-state index is 12.7. The molecule has 0 aromatic carbocycles. The van der Waals surface area contributed by atoms with Gasteiger partial charge in [-0.2, -0.15) is 0 Å². The van der Waals surface area contributed by atoms with Crippen LogP contribution in [0.1, 0.15) is 51.8 Å². The molecule has 1 aliphatic carbocycles. The van der Waals surface area contributed by atoms with Crippen molar-refractivity contribution >= 4 is 17.2 Å². The zero-order valence-electron chi connectivity index (χ0n) is 15.3. The summed E-state index contributed by atoms with van der Waals surface area (Å²) in [5.41, 5.74) is 1.65. The van der Waals surface area contributed by atoms with Gasteiger partial charge in [0.2, 0.25) is 0 Å². The van der Waals surface area contributed by atoms with Gasteiger partial charge in [-0.25, -0.2) is 4.98 Å². The fraction of sp³-hybridized carbons (Fsp3) is 0.667. The van der Waals surface area contributed by atoms with E-state index in [1.165, 1.54) is 36.3 Å². The average molecular weight is 375 g/mol. The molecule has 2 aromatic heterocycles. The van der Waals surface area contributed by atoms with E-state index in [-0.39, 0.29) is 5.91 Å². The number of thiazole rings is 1. The number of rotatable bonds is 5. The second kappa shape index (κ2) is 7.84. The molecule has 3 heterocycles. The first-order valence-corrected chi connectivity index (χ1v) is 10.3. The molecule has 1 N–H and O–H groups in total. The number of hydrogen-bond acceptors (Lipinski definition) is 6. The Labute approximate surface area is 157 Å². The third kappa shape index (κ3) is 3.96. The van der Waals surface area contributed by atoms with Crippen molar-refractivity contribution in [3.8, 4) is 0 Å². The number of hydrogen-bond donors (Lipinski definition) is 1. The van der Waals surface area contributed by atoms with E-state index in [1.54, 1.807) is 27.1 Å². The van der Waals surface area contributed by atoms with Gasteiger partial charge in [0.1, 0.15) is 5.01 Å². The minimum absolute atomic E-state index is 0.0915. The molecule has 140 valence electrons. The SMILES string of the molecule is CN(Cc1nc2c(s1)CCCC2)C(=O)c1cn(C[C@H]2CCCNC2)nn1. The summed E-state index contributed by atoms with van der Waals surface area (Å²) >= 11 is 1.75. The van der Waals surface area contributed by atoms with E-state index in [1.807, 2.05) is 7.05 Å². The number of carbonyl (C=O) groups is 1. The van der Waals surface area contributed by atoms with Crippen molar-refractivity contribution in [1.29, 1.82) is 0 Å². The first kappa shape index (κ1) is 17.6. The van der Waals surface area contributed by atoms with E-state index in [9.17, 15) is 4.79 Å². The van der Waals surface area contributed by atoms with E-state index in [0.717, 1.165) is 37.5 Å². The number of nitrogens with zero attached hydrogens (tertiary/aromatic N) is 5. The van der Waals surface area contributed by atoms with Crippen LogP contribution in [0.3, 0.4) is 0 Å². The summed E-state index contributed by atoms with van der Waals surface area (Å²) in [5.74, 6) is 0.471. The third-order valence-electron chi connectivity index (χ3n) is 5.21. The van der Waals surface area contributed by atoms with Crippen LogP contribution in [0.5, 0.6) is 0 Å². The fourth-order valence-electron chi connectivity index (χ4n) is 3.77. The second-order valence-electron chi connectivity index (χ2n) is 7.38. The molecule has 1 amide bonds. The molecule has 0 radical (unpaired) electrons. The smallest absolute Gasteiger partial charge is 0.276 e. The van der Waals surface area contributed by atoms with Crippen LogP contribution in [0, 0.1) is 5.92 Å². The first-order valence-electron chi connectivity index (χ1n) is 9.53. The summed E-state index contributed by atoms with van der Waals surface area (Å²) < 4.78 is 1.81. The Bertz CT molecular complexity index is 740. The minimum Gasteiger partial charge on any atom is -0.333 e. The summed E-state index contributed by atoms with van der Waals surface area (Å²) in [4.78, 5) is 20.5. The quantitative estimate of drug-likeness (QED) is 0.865. The standard InChI is InChI=1S/C18H26N6OS/c1-23(12-17-20-14-6-2-3-7-16(14)26-17)18(25)15-11-24(22-21-15)10-13-5-4-8-19-9-13/h11,13,19H,2-10,12H2,1H3/t13-/m0/s1. The Morgan fingerprint density at radius 2 is 2.27 bits per heavy atom. The highest BCUT2D eigenvalue weighted by Crippen LogP contribution is 2.27. The van der Waals surface area contributed by atoms with Gasteiger partial charge < -0.3 is 10.2 Å². The topological polar surface area (TPSA) is 75.9 Å². The highest BCUT2D eigenvalue weighted by molar-refractivity contribution is 7.11. The number of nitrogens with one attached hydrogen (secondary N) is 1. The van der Waals surface area contributed by atoms with Gasteiger partial charge >= 0.3 is 0 Å². The predicted octanol–water partition coefficient (Wildman–Crippen LogP) is 1.89. The lowest BCUT2D eigenvalue weighted by molar-refractivity contribution is 0.0779. The molecule has 0 saturated carbocycles. The van der Waals surface area contributed by atoms with Crippen molar-refractivity contribution in [3.05, 3.63) is 27.5 Å². The maximum absolute atomic E-state index is 12.7. The van der Waals surface area contributed by atoms with E-state index in [2.05, 4.69) is 15.6 Å². The van der Waals surface area contributed by atoms with Crippen molar-refractivity contribution in [3.63, 3.8) is 0 Å². The summed E-state index contributed by atoms with van der Waals surface area (Å²) in [6.45, 7) is 3.46. The van der Waals surface area contributed by atoms with E-state index in [4.69, 9.17) is 4.98 Å². The highest BCUT2D eigenvalue weighted by atomic mass is 32.1. The van der Waals surface area contributed by atoms with Crippen LogP contribution >= 0.6 is 11.3 Å². The molecule has 1 atom stereocenters. The Morgan fingerprint density at radius 3 is 3.08 bits per heavy atom. The molecule has 1 fully saturated rings. The molecule has 0 bridgehead atoms. The van der Waals surface area contributed by atoms with Gasteiger partial charge in [-0.15, -0.1) is 16.4 Å². The number of amides is 1. The predicted molar refractivity (Wildman–Crippen MR) is 100 cm³/mol. The number of aromatic nitrogens is 4. The highest BCUT2D eigenvalue weighted by Gasteiger charge is 2.21. The molecule has 26 heavy (non-hydrogen) atoms. The monoisotopic (exact) mass is 374 g/mol. The Balaban J connectivity index is 1.36. The molecule has 2 aliphatic rings. The maximum Gasteiger partial charge on any atom is 0.276 e. The lowest BCUT2D eigenvalue weighted by Crippen LogP contribution is -2.32. The summed E-state index contributed by atoms with van der Waals surface area (Å²) in [7, 11) is 1.81. The van der Waals surface area contributed by atoms with Gasteiger partial charge in [-0.3, -0.25) is 9.48 Å². The first-order chi connectivity index (χ1) is 12.7. The van der Waals surface area contributed by atoms with Gasteiger partial charge in [-0.1, -0.05) is 5.21 Å². The molecule has 0 spiro atoms. The summed E-state index contributed by atoms with van der Waals surface area (Å²) in [5, 5.41) is 12.7. The molecule has 2 aromatic rings. The normalized spacial score (nSPS) is 20.0. The van der Waals surface area contributed by atoms with Crippen LogP contribution in [-0.2, 0) is 25.9 Å². The summed E-state index contributed by atoms with van der Waals surface area (Å²) in [6, 6.07) is 0. The number of aryl methyl sites for hydroxylation is 2. The van der Waals surface area contributed by atoms with Crippen molar-refractivity contribution in [1.82, 2.24) is 30.2 Å². The van der Waals surface area contributed by atoms with Crippen LogP contribution < -0.4 is 5.32 Å². The van der Waals surface area contributed by atoms with E-state index < -0.39 is 0 Å². The van der Waals surface area contributed by atoms with Crippen molar-refractivity contribution in [2.75, 3.05) is 20.1 Å². The van der Waals surface area contributed by atoms with E-state index >= 15 is 0 Å². The van der Waals surface area contributed by atoms with Crippen molar-refractivity contribution < 1.29 is 4.79 Å². The summed E-state index contributed by atoms with van der Waals surface area (Å²) in [6.07, 6.45) is 8.87.